The summed E-state index contributed by atoms with van der Waals surface area (Å²) in [5.41, 5.74) is 0.818. The Labute approximate surface area is 182 Å². The van der Waals surface area contributed by atoms with E-state index in [4.69, 9.17) is 28.3 Å². The average molecular weight is 464 g/mol. The number of amides is 2. The summed E-state index contributed by atoms with van der Waals surface area (Å²) in [6.07, 6.45) is 0. The van der Waals surface area contributed by atoms with Crippen molar-refractivity contribution < 1.29 is 18.0 Å². The van der Waals surface area contributed by atoms with Crippen molar-refractivity contribution in [2.45, 2.75) is 4.90 Å². The van der Waals surface area contributed by atoms with E-state index in [9.17, 15) is 18.0 Å². The third-order valence-corrected chi connectivity index (χ3v) is 5.46. The number of nitrogens with one attached hydrogen (secondary N) is 2. The van der Waals surface area contributed by atoms with Crippen molar-refractivity contribution in [1.29, 1.82) is 0 Å². The molecule has 0 aromatic heterocycles. The van der Waals surface area contributed by atoms with Gasteiger partial charge in [0.2, 0.25) is 10.0 Å². The maximum atomic E-state index is 12.8. The highest BCUT2D eigenvalue weighted by atomic mass is 35.5. The van der Waals surface area contributed by atoms with E-state index in [0.717, 1.165) is 0 Å². The maximum absolute atomic E-state index is 12.8. The third kappa shape index (κ3) is 5.17. The zero-order valence-electron chi connectivity index (χ0n) is 15.2. The van der Waals surface area contributed by atoms with E-state index >= 15 is 0 Å². The molecule has 0 bridgehead atoms. The lowest BCUT2D eigenvalue weighted by Crippen LogP contribution is -2.19. The molecule has 3 rings (SSSR count). The molecule has 0 saturated carbocycles. The summed E-state index contributed by atoms with van der Waals surface area (Å²) < 4.78 is 22.7. The molecule has 0 spiro atoms. The smallest absolute Gasteiger partial charge is 0.257 e. The van der Waals surface area contributed by atoms with Crippen molar-refractivity contribution in [3.8, 4) is 0 Å². The lowest BCUT2D eigenvalue weighted by molar-refractivity contribution is 0.102. The first-order valence-corrected chi connectivity index (χ1v) is 10.7. The Kier molecular flexibility index (Phi) is 6.42. The SMILES string of the molecule is NS(=O)(=O)c1ccc(NC(=O)c2cc(Cl)cc(Cl)c2NC(=O)c2ccccc2)cc1. The second-order valence-electron chi connectivity index (χ2n) is 6.15. The number of sulfonamides is 1. The van der Waals surface area contributed by atoms with Crippen molar-refractivity contribution in [2.75, 3.05) is 10.6 Å². The molecule has 3 aromatic rings. The van der Waals surface area contributed by atoms with E-state index in [1.165, 1.54) is 36.4 Å². The molecule has 30 heavy (non-hydrogen) atoms. The molecule has 4 N–H and O–H groups in total. The van der Waals surface area contributed by atoms with Gasteiger partial charge < -0.3 is 10.6 Å². The minimum absolute atomic E-state index is 0.0345. The molecule has 0 aliphatic rings. The van der Waals surface area contributed by atoms with Crippen molar-refractivity contribution in [3.63, 3.8) is 0 Å². The summed E-state index contributed by atoms with van der Waals surface area (Å²) in [6, 6.07) is 16.5. The summed E-state index contributed by atoms with van der Waals surface area (Å²) in [4.78, 5) is 25.2. The van der Waals surface area contributed by atoms with Gasteiger partial charge in [-0.2, -0.15) is 0 Å². The number of halogens is 2. The molecule has 0 fully saturated rings. The molecular formula is C20H15Cl2N3O4S. The number of hydrogen-bond acceptors (Lipinski definition) is 4. The van der Waals surface area contributed by atoms with Gasteiger partial charge in [-0.05, 0) is 48.5 Å². The fourth-order valence-corrected chi connectivity index (χ4v) is 3.64. The van der Waals surface area contributed by atoms with Gasteiger partial charge in [-0.25, -0.2) is 13.6 Å². The summed E-state index contributed by atoms with van der Waals surface area (Å²) in [5.74, 6) is -1.06. The number of benzene rings is 3. The molecule has 0 saturated heterocycles. The highest BCUT2D eigenvalue weighted by molar-refractivity contribution is 7.89. The third-order valence-electron chi connectivity index (χ3n) is 4.01. The predicted octanol–water partition coefficient (Wildman–Crippen LogP) is 4.15. The average Bonchev–Trinajstić information content (AvgIpc) is 2.70. The molecule has 2 amide bonds. The Balaban J connectivity index is 1.89. The van der Waals surface area contributed by atoms with E-state index in [0.29, 0.717) is 11.3 Å². The second-order valence-corrected chi connectivity index (χ2v) is 8.56. The number of carbonyl (C=O) groups excluding carboxylic acids is 2. The minimum atomic E-state index is -3.85. The molecule has 154 valence electrons. The van der Waals surface area contributed by atoms with Gasteiger partial charge in [-0.3, -0.25) is 9.59 Å². The Morgan fingerprint density at radius 3 is 2.07 bits per heavy atom. The van der Waals surface area contributed by atoms with Crippen molar-refractivity contribution in [3.05, 3.63) is 87.9 Å². The zero-order valence-corrected chi connectivity index (χ0v) is 17.6. The monoisotopic (exact) mass is 463 g/mol. The van der Waals surface area contributed by atoms with Crippen LogP contribution in [0.2, 0.25) is 10.0 Å². The summed E-state index contributed by atoms with van der Waals surface area (Å²) in [7, 11) is -3.85. The molecule has 0 aliphatic carbocycles. The Hall–Kier alpha value is -2.91. The number of primary sulfonamides is 1. The maximum Gasteiger partial charge on any atom is 0.257 e. The first kappa shape index (κ1) is 21.8. The van der Waals surface area contributed by atoms with E-state index in [1.807, 2.05) is 0 Å². The van der Waals surface area contributed by atoms with Crippen LogP contribution in [0.1, 0.15) is 20.7 Å². The minimum Gasteiger partial charge on any atom is -0.322 e. The number of anilines is 2. The van der Waals surface area contributed by atoms with E-state index in [2.05, 4.69) is 10.6 Å². The number of rotatable bonds is 5. The number of carbonyl (C=O) groups is 2. The Morgan fingerprint density at radius 1 is 0.833 bits per heavy atom. The highest BCUT2D eigenvalue weighted by Gasteiger charge is 2.19. The fourth-order valence-electron chi connectivity index (χ4n) is 2.58. The van der Waals surface area contributed by atoms with Crippen LogP contribution in [0.25, 0.3) is 0 Å². The largest absolute Gasteiger partial charge is 0.322 e. The first-order valence-electron chi connectivity index (χ1n) is 8.45. The Morgan fingerprint density at radius 2 is 1.47 bits per heavy atom. The van der Waals surface area contributed by atoms with Crippen LogP contribution < -0.4 is 15.8 Å². The van der Waals surface area contributed by atoms with Crippen LogP contribution >= 0.6 is 23.2 Å². The van der Waals surface area contributed by atoms with Gasteiger partial charge >= 0.3 is 0 Å². The summed E-state index contributed by atoms with van der Waals surface area (Å²) in [5, 5.41) is 10.6. The molecule has 7 nitrogen and oxygen atoms in total. The van der Waals surface area contributed by atoms with Gasteiger partial charge in [0.05, 0.1) is 21.2 Å². The molecule has 0 atom stereocenters. The normalized spacial score (nSPS) is 11.0. The molecule has 0 unspecified atom stereocenters. The number of hydrogen-bond donors (Lipinski definition) is 3. The van der Waals surface area contributed by atoms with Gasteiger partial charge in [0, 0.05) is 16.3 Å². The molecule has 0 radical (unpaired) electrons. The van der Waals surface area contributed by atoms with Crippen molar-refractivity contribution in [1.82, 2.24) is 0 Å². The molecule has 10 heteroatoms. The topological polar surface area (TPSA) is 118 Å². The van der Waals surface area contributed by atoms with Crippen molar-refractivity contribution in [2.24, 2.45) is 5.14 Å². The quantitative estimate of drug-likeness (QED) is 0.526. The molecule has 0 heterocycles. The summed E-state index contributed by atoms with van der Waals surface area (Å²) in [6.45, 7) is 0. The van der Waals surface area contributed by atoms with Crippen LogP contribution in [0.15, 0.2) is 71.6 Å². The van der Waals surface area contributed by atoms with Crippen LogP contribution in [-0.2, 0) is 10.0 Å². The van der Waals surface area contributed by atoms with Crippen LogP contribution in [0.3, 0.4) is 0 Å². The van der Waals surface area contributed by atoms with Crippen molar-refractivity contribution >= 4 is 56.4 Å². The Bertz CT molecular complexity index is 1210. The van der Waals surface area contributed by atoms with E-state index in [-0.39, 0.29) is 26.2 Å². The molecule has 3 aromatic carbocycles. The summed E-state index contributed by atoms with van der Waals surface area (Å²) >= 11 is 12.3. The van der Waals surface area contributed by atoms with Crippen LogP contribution in [0.4, 0.5) is 11.4 Å². The molecular weight excluding hydrogens is 449 g/mol. The van der Waals surface area contributed by atoms with Crippen LogP contribution in [0, 0.1) is 0 Å². The highest BCUT2D eigenvalue weighted by Crippen LogP contribution is 2.31. The number of nitrogens with two attached hydrogens (primary N) is 1. The van der Waals surface area contributed by atoms with Gasteiger partial charge in [0.25, 0.3) is 11.8 Å². The van der Waals surface area contributed by atoms with Gasteiger partial charge in [-0.15, -0.1) is 0 Å². The first-order chi connectivity index (χ1) is 14.1. The zero-order chi connectivity index (χ0) is 21.9. The second kappa shape index (κ2) is 8.85. The van der Waals surface area contributed by atoms with Crippen LogP contribution in [-0.4, -0.2) is 20.2 Å². The lowest BCUT2D eigenvalue weighted by atomic mass is 10.1. The van der Waals surface area contributed by atoms with E-state index < -0.39 is 21.8 Å². The predicted molar refractivity (Wildman–Crippen MR) is 117 cm³/mol. The van der Waals surface area contributed by atoms with Gasteiger partial charge in [0.15, 0.2) is 0 Å². The molecule has 0 aliphatic heterocycles. The van der Waals surface area contributed by atoms with Gasteiger partial charge in [-0.1, -0.05) is 41.4 Å². The standard InChI is InChI=1S/C20H15Cl2N3O4S/c21-13-10-16(20(27)24-14-6-8-15(9-7-14)30(23,28)29)18(17(22)11-13)25-19(26)12-4-2-1-3-5-12/h1-11H,(H,24,27)(H,25,26)(H2,23,28,29). The van der Waals surface area contributed by atoms with Gasteiger partial charge in [0.1, 0.15) is 0 Å². The lowest BCUT2D eigenvalue weighted by Gasteiger charge is -2.14. The van der Waals surface area contributed by atoms with Crippen LogP contribution in [0.5, 0.6) is 0 Å². The van der Waals surface area contributed by atoms with E-state index in [1.54, 1.807) is 30.3 Å². The fraction of sp³-hybridized carbons (Fsp3) is 0.